The van der Waals surface area contributed by atoms with E-state index in [1.165, 1.54) is 12.1 Å². The summed E-state index contributed by atoms with van der Waals surface area (Å²) in [5, 5.41) is 9.37. The summed E-state index contributed by atoms with van der Waals surface area (Å²) < 4.78 is 26.8. The second-order valence-electron chi connectivity index (χ2n) is 6.46. The van der Waals surface area contributed by atoms with Gasteiger partial charge in [0.1, 0.15) is 11.6 Å². The lowest BCUT2D eigenvalue weighted by Gasteiger charge is -2.36. The molecule has 0 heterocycles. The Kier molecular flexibility index (Phi) is 4.96. The van der Waals surface area contributed by atoms with Crippen molar-refractivity contribution in [2.45, 2.75) is 39.5 Å². The first kappa shape index (κ1) is 15.9. The molecule has 0 radical (unpaired) electrons. The van der Waals surface area contributed by atoms with Crippen LogP contribution in [0.2, 0.25) is 0 Å². The topological polar surface area (TPSA) is 37.3 Å². The minimum Gasteiger partial charge on any atom is -0.481 e. The number of aliphatic carboxylic acids is 1. The Hall–Kier alpha value is -1.45. The quantitative estimate of drug-likeness (QED) is 0.900. The van der Waals surface area contributed by atoms with Crippen LogP contribution in [-0.4, -0.2) is 11.1 Å². The monoisotopic (exact) mass is 296 g/mol. The van der Waals surface area contributed by atoms with Crippen LogP contribution in [0, 0.1) is 35.3 Å². The Morgan fingerprint density at radius 2 is 2.05 bits per heavy atom. The molecule has 0 aromatic heterocycles. The van der Waals surface area contributed by atoms with Gasteiger partial charge in [-0.05, 0) is 55.1 Å². The van der Waals surface area contributed by atoms with Crippen molar-refractivity contribution in [2.24, 2.45) is 23.7 Å². The highest BCUT2D eigenvalue weighted by Crippen LogP contribution is 2.39. The Morgan fingerprint density at radius 1 is 1.33 bits per heavy atom. The van der Waals surface area contributed by atoms with Crippen molar-refractivity contribution < 1.29 is 18.7 Å². The summed E-state index contributed by atoms with van der Waals surface area (Å²) in [5.41, 5.74) is 0.414. The van der Waals surface area contributed by atoms with E-state index in [1.807, 2.05) is 0 Å². The Bertz CT molecular complexity index is 514. The Labute approximate surface area is 124 Å². The van der Waals surface area contributed by atoms with Crippen LogP contribution < -0.4 is 0 Å². The third kappa shape index (κ3) is 3.80. The van der Waals surface area contributed by atoms with E-state index in [9.17, 15) is 18.7 Å². The van der Waals surface area contributed by atoms with Gasteiger partial charge in [0.15, 0.2) is 0 Å². The number of hydrogen-bond acceptors (Lipinski definition) is 1. The summed E-state index contributed by atoms with van der Waals surface area (Å²) in [6.45, 7) is 4.28. The van der Waals surface area contributed by atoms with Crippen LogP contribution in [-0.2, 0) is 11.2 Å². The molecular weight excluding hydrogens is 274 g/mol. The predicted molar refractivity (Wildman–Crippen MR) is 76.9 cm³/mol. The second kappa shape index (κ2) is 6.54. The second-order valence-corrected chi connectivity index (χ2v) is 6.46. The van der Waals surface area contributed by atoms with Crippen molar-refractivity contribution in [3.63, 3.8) is 0 Å². The van der Waals surface area contributed by atoms with Crippen LogP contribution in [0.3, 0.4) is 0 Å². The summed E-state index contributed by atoms with van der Waals surface area (Å²) in [6.07, 6.45) is 2.72. The lowest BCUT2D eigenvalue weighted by molar-refractivity contribution is -0.145. The predicted octanol–water partition coefficient (Wildman–Crippen LogP) is 4.28. The maximum absolute atomic E-state index is 13.8. The fourth-order valence-corrected chi connectivity index (χ4v) is 3.43. The van der Waals surface area contributed by atoms with Gasteiger partial charge in [-0.3, -0.25) is 4.79 Å². The van der Waals surface area contributed by atoms with E-state index in [4.69, 9.17) is 0 Å². The normalized spacial score (nSPS) is 26.0. The maximum atomic E-state index is 13.8. The van der Waals surface area contributed by atoms with Crippen LogP contribution in [0.25, 0.3) is 0 Å². The summed E-state index contributed by atoms with van der Waals surface area (Å²) >= 11 is 0. The Morgan fingerprint density at radius 3 is 2.62 bits per heavy atom. The molecule has 21 heavy (non-hydrogen) atoms. The molecule has 1 aromatic rings. The molecule has 1 aliphatic carbocycles. The minimum absolute atomic E-state index is 0.0800. The zero-order valence-electron chi connectivity index (χ0n) is 12.5. The van der Waals surface area contributed by atoms with Gasteiger partial charge in [0, 0.05) is 6.07 Å². The van der Waals surface area contributed by atoms with Gasteiger partial charge in [0.2, 0.25) is 0 Å². The lowest BCUT2D eigenvalue weighted by Crippen LogP contribution is -2.33. The highest BCUT2D eigenvalue weighted by molar-refractivity contribution is 5.70. The SMILES string of the molecule is CC(C)C1CCC(C(=O)O)C(Cc2ccc(F)cc2F)C1. The summed E-state index contributed by atoms with van der Waals surface area (Å²) in [5.74, 6) is -1.51. The van der Waals surface area contributed by atoms with E-state index in [0.717, 1.165) is 18.9 Å². The molecule has 116 valence electrons. The van der Waals surface area contributed by atoms with E-state index in [2.05, 4.69) is 13.8 Å². The van der Waals surface area contributed by atoms with Gasteiger partial charge in [0.25, 0.3) is 0 Å². The molecule has 3 atom stereocenters. The van der Waals surface area contributed by atoms with Crippen molar-refractivity contribution in [3.8, 4) is 0 Å². The highest BCUT2D eigenvalue weighted by Gasteiger charge is 2.36. The fourth-order valence-electron chi connectivity index (χ4n) is 3.43. The van der Waals surface area contributed by atoms with Gasteiger partial charge >= 0.3 is 5.97 Å². The van der Waals surface area contributed by atoms with Gasteiger partial charge in [-0.2, -0.15) is 0 Å². The van der Waals surface area contributed by atoms with Crippen molar-refractivity contribution in [2.75, 3.05) is 0 Å². The van der Waals surface area contributed by atoms with Crippen LogP contribution >= 0.6 is 0 Å². The van der Waals surface area contributed by atoms with Crippen LogP contribution in [0.5, 0.6) is 0 Å². The zero-order chi connectivity index (χ0) is 15.6. The standard InChI is InChI=1S/C17H22F2O2/c1-10(2)11-4-6-15(17(20)21)13(7-11)8-12-3-5-14(18)9-16(12)19/h3,5,9-11,13,15H,4,6-8H2,1-2H3,(H,20,21). The number of halogens is 2. The molecular formula is C17H22F2O2. The molecule has 0 aliphatic heterocycles. The molecule has 3 unspecified atom stereocenters. The third-order valence-corrected chi connectivity index (χ3v) is 4.78. The molecule has 1 aromatic carbocycles. The lowest BCUT2D eigenvalue weighted by atomic mass is 9.69. The first-order valence-corrected chi connectivity index (χ1v) is 7.55. The van der Waals surface area contributed by atoms with Gasteiger partial charge in [-0.25, -0.2) is 8.78 Å². The summed E-state index contributed by atoms with van der Waals surface area (Å²) in [6, 6.07) is 3.54. The minimum atomic E-state index is -0.801. The average molecular weight is 296 g/mol. The summed E-state index contributed by atoms with van der Waals surface area (Å²) in [7, 11) is 0. The molecule has 1 aliphatic rings. The van der Waals surface area contributed by atoms with Crippen LogP contribution in [0.4, 0.5) is 8.78 Å². The zero-order valence-corrected chi connectivity index (χ0v) is 12.5. The van der Waals surface area contributed by atoms with Crippen molar-refractivity contribution in [1.29, 1.82) is 0 Å². The van der Waals surface area contributed by atoms with Crippen LogP contribution in [0.1, 0.15) is 38.7 Å². The van der Waals surface area contributed by atoms with Gasteiger partial charge in [-0.15, -0.1) is 0 Å². The largest absolute Gasteiger partial charge is 0.481 e. The van der Waals surface area contributed by atoms with E-state index in [0.29, 0.717) is 30.2 Å². The Balaban J connectivity index is 2.17. The number of benzene rings is 1. The molecule has 1 fully saturated rings. The molecule has 0 spiro atoms. The maximum Gasteiger partial charge on any atom is 0.306 e. The smallest absolute Gasteiger partial charge is 0.306 e. The number of hydrogen-bond donors (Lipinski definition) is 1. The molecule has 1 N–H and O–H groups in total. The number of carboxylic acids is 1. The number of carbonyl (C=O) groups is 1. The molecule has 2 nitrogen and oxygen atoms in total. The van der Waals surface area contributed by atoms with Gasteiger partial charge in [-0.1, -0.05) is 19.9 Å². The van der Waals surface area contributed by atoms with E-state index in [1.54, 1.807) is 0 Å². The number of carboxylic acid groups (broad SMARTS) is 1. The number of rotatable bonds is 4. The molecule has 2 rings (SSSR count). The third-order valence-electron chi connectivity index (χ3n) is 4.78. The fraction of sp³-hybridized carbons (Fsp3) is 0.588. The molecule has 4 heteroatoms. The summed E-state index contributed by atoms with van der Waals surface area (Å²) in [4.78, 5) is 11.4. The van der Waals surface area contributed by atoms with E-state index in [-0.39, 0.29) is 5.92 Å². The first-order chi connectivity index (χ1) is 9.88. The van der Waals surface area contributed by atoms with Gasteiger partial charge in [0.05, 0.1) is 5.92 Å². The average Bonchev–Trinajstić information content (AvgIpc) is 2.41. The first-order valence-electron chi connectivity index (χ1n) is 7.55. The van der Waals surface area contributed by atoms with Gasteiger partial charge < -0.3 is 5.11 Å². The molecule has 0 saturated heterocycles. The van der Waals surface area contributed by atoms with Crippen LogP contribution in [0.15, 0.2) is 18.2 Å². The van der Waals surface area contributed by atoms with Crippen molar-refractivity contribution >= 4 is 5.97 Å². The van der Waals surface area contributed by atoms with Crippen molar-refractivity contribution in [3.05, 3.63) is 35.4 Å². The highest BCUT2D eigenvalue weighted by atomic mass is 19.1. The molecule has 1 saturated carbocycles. The van der Waals surface area contributed by atoms with Crippen molar-refractivity contribution in [1.82, 2.24) is 0 Å². The molecule has 0 bridgehead atoms. The van der Waals surface area contributed by atoms with E-state index < -0.39 is 23.5 Å². The molecule has 0 amide bonds. The van der Waals surface area contributed by atoms with E-state index >= 15 is 0 Å².